The molecule has 3 aliphatic rings. The Morgan fingerprint density at radius 3 is 2.36 bits per heavy atom. The van der Waals surface area contributed by atoms with E-state index < -0.39 is 0 Å². The normalized spacial score (nSPS) is 22.0. The SMILES string of the molecule is COc1cc(NC(C)Cc2ccc(OCCN3C4CCC3CC4)c(F)c2)c(C2CCc3cc(O)ccc3C2)cc1OC. The van der Waals surface area contributed by atoms with Gasteiger partial charge in [0.1, 0.15) is 12.4 Å². The topological polar surface area (TPSA) is 63.2 Å². The highest BCUT2D eigenvalue weighted by Crippen LogP contribution is 2.42. The van der Waals surface area contributed by atoms with Crippen LogP contribution < -0.4 is 19.5 Å². The first-order valence-electron chi connectivity index (χ1n) is 15.4. The van der Waals surface area contributed by atoms with Crippen molar-refractivity contribution in [3.63, 3.8) is 0 Å². The molecule has 2 atom stereocenters. The van der Waals surface area contributed by atoms with Gasteiger partial charge in [0, 0.05) is 36.4 Å². The van der Waals surface area contributed by atoms with Gasteiger partial charge in [-0.25, -0.2) is 4.39 Å². The number of hydrogen-bond acceptors (Lipinski definition) is 6. The van der Waals surface area contributed by atoms with Crippen molar-refractivity contribution in [2.45, 2.75) is 82.3 Å². The van der Waals surface area contributed by atoms with Crippen molar-refractivity contribution in [2.75, 3.05) is 32.7 Å². The Bertz CT molecular complexity index is 1390. The molecule has 0 radical (unpaired) electrons. The van der Waals surface area contributed by atoms with Crippen LogP contribution in [0.5, 0.6) is 23.0 Å². The lowest BCUT2D eigenvalue weighted by atomic mass is 9.79. The summed E-state index contributed by atoms with van der Waals surface area (Å²) in [5.74, 6) is 2.02. The highest BCUT2D eigenvalue weighted by Gasteiger charge is 2.38. The van der Waals surface area contributed by atoms with E-state index in [0.717, 1.165) is 37.1 Å². The molecule has 2 bridgehead atoms. The summed E-state index contributed by atoms with van der Waals surface area (Å²) in [5, 5.41) is 13.6. The van der Waals surface area contributed by atoms with E-state index in [4.69, 9.17) is 14.2 Å². The molecule has 42 heavy (non-hydrogen) atoms. The minimum Gasteiger partial charge on any atom is -0.508 e. The van der Waals surface area contributed by atoms with Gasteiger partial charge in [-0.1, -0.05) is 12.1 Å². The lowest BCUT2D eigenvalue weighted by Gasteiger charge is -2.29. The highest BCUT2D eigenvalue weighted by atomic mass is 19.1. The number of rotatable bonds is 11. The zero-order valence-electron chi connectivity index (χ0n) is 25.0. The van der Waals surface area contributed by atoms with E-state index in [1.165, 1.54) is 42.4 Å². The molecule has 2 unspecified atom stereocenters. The molecule has 2 saturated heterocycles. The van der Waals surface area contributed by atoms with Gasteiger partial charge in [-0.05, 0) is 117 Å². The number of hydrogen-bond donors (Lipinski definition) is 2. The van der Waals surface area contributed by atoms with Crippen LogP contribution in [0.25, 0.3) is 0 Å². The summed E-state index contributed by atoms with van der Waals surface area (Å²) >= 11 is 0. The fourth-order valence-electron chi connectivity index (χ4n) is 7.47. The number of anilines is 1. The van der Waals surface area contributed by atoms with Crippen molar-refractivity contribution in [3.8, 4) is 23.0 Å². The fraction of sp³-hybridized carbons (Fsp3) is 0.486. The summed E-state index contributed by atoms with van der Waals surface area (Å²) in [6.07, 6.45) is 8.62. The third kappa shape index (κ3) is 6.03. The van der Waals surface area contributed by atoms with Crippen LogP contribution in [0.3, 0.4) is 0 Å². The Labute approximate surface area is 248 Å². The molecule has 2 heterocycles. The van der Waals surface area contributed by atoms with E-state index in [1.54, 1.807) is 32.4 Å². The third-order valence-corrected chi connectivity index (χ3v) is 9.57. The minimum absolute atomic E-state index is 0.0477. The monoisotopic (exact) mass is 574 g/mol. The number of methoxy groups -OCH3 is 2. The molecule has 224 valence electrons. The van der Waals surface area contributed by atoms with Crippen molar-refractivity contribution in [3.05, 3.63) is 76.6 Å². The molecule has 6 rings (SSSR count). The van der Waals surface area contributed by atoms with Crippen LogP contribution >= 0.6 is 0 Å². The number of phenols is 1. The summed E-state index contributed by atoms with van der Waals surface area (Å²) in [6.45, 7) is 3.52. The van der Waals surface area contributed by atoms with Crippen LogP contribution in [-0.2, 0) is 19.3 Å². The zero-order valence-corrected chi connectivity index (χ0v) is 25.0. The van der Waals surface area contributed by atoms with Gasteiger partial charge < -0.3 is 24.6 Å². The lowest BCUT2D eigenvalue weighted by Crippen LogP contribution is -2.32. The second-order valence-corrected chi connectivity index (χ2v) is 12.3. The van der Waals surface area contributed by atoms with Gasteiger partial charge in [0.15, 0.2) is 23.1 Å². The summed E-state index contributed by atoms with van der Waals surface area (Å²) in [7, 11) is 3.31. The number of ether oxygens (including phenoxy) is 3. The van der Waals surface area contributed by atoms with Crippen molar-refractivity contribution in [1.29, 1.82) is 0 Å². The average molecular weight is 575 g/mol. The fourth-order valence-corrected chi connectivity index (χ4v) is 7.47. The lowest BCUT2D eigenvalue weighted by molar-refractivity contribution is 0.190. The van der Waals surface area contributed by atoms with E-state index in [1.807, 2.05) is 24.3 Å². The maximum absolute atomic E-state index is 15.0. The summed E-state index contributed by atoms with van der Waals surface area (Å²) in [4.78, 5) is 2.55. The number of phenolic OH excluding ortho intramolecular Hbond substituents is 1. The molecule has 1 aliphatic carbocycles. The molecule has 3 aromatic rings. The molecule has 0 aromatic heterocycles. The number of aryl methyl sites for hydroxylation is 1. The Morgan fingerprint density at radius 2 is 1.64 bits per heavy atom. The van der Waals surface area contributed by atoms with Crippen LogP contribution in [-0.4, -0.2) is 55.5 Å². The molecule has 2 aliphatic heterocycles. The molecular weight excluding hydrogens is 531 g/mol. The van der Waals surface area contributed by atoms with Crippen molar-refractivity contribution >= 4 is 5.69 Å². The maximum Gasteiger partial charge on any atom is 0.165 e. The van der Waals surface area contributed by atoms with Crippen molar-refractivity contribution in [1.82, 2.24) is 4.90 Å². The molecule has 2 N–H and O–H groups in total. The average Bonchev–Trinajstić information content (AvgIpc) is 3.57. The molecule has 7 heteroatoms. The first-order valence-corrected chi connectivity index (χ1v) is 15.4. The minimum atomic E-state index is -0.303. The van der Waals surface area contributed by atoms with E-state index in [2.05, 4.69) is 23.2 Å². The van der Waals surface area contributed by atoms with Crippen LogP contribution in [0.2, 0.25) is 0 Å². The number of nitrogens with zero attached hydrogens (tertiary/aromatic N) is 1. The Kier molecular flexibility index (Phi) is 8.48. The predicted molar refractivity (Wildman–Crippen MR) is 164 cm³/mol. The van der Waals surface area contributed by atoms with Crippen molar-refractivity contribution < 1.29 is 23.7 Å². The van der Waals surface area contributed by atoms with Gasteiger partial charge in [0.2, 0.25) is 0 Å². The number of halogens is 1. The number of nitrogens with one attached hydrogen (secondary N) is 1. The van der Waals surface area contributed by atoms with Crippen LogP contribution in [0, 0.1) is 5.82 Å². The standard InChI is InChI=1S/C35H43FN2O4/c1-22(16-23-4-13-33(31(36)17-23)42-15-14-38-27-8-9-28(38)11-10-27)37-32-21-35(41-3)34(40-2)20-30(32)26-6-5-25-19-29(39)12-7-24(25)18-26/h4,7,12-13,17,19-22,26-28,37,39H,5-6,8-11,14-16,18H2,1-3H3. The largest absolute Gasteiger partial charge is 0.508 e. The zero-order chi connectivity index (χ0) is 29.2. The number of aromatic hydroxyl groups is 1. The maximum atomic E-state index is 15.0. The second-order valence-electron chi connectivity index (χ2n) is 12.3. The van der Waals surface area contributed by atoms with E-state index in [0.29, 0.717) is 54.0 Å². The van der Waals surface area contributed by atoms with Gasteiger partial charge in [-0.15, -0.1) is 0 Å². The van der Waals surface area contributed by atoms with Gasteiger partial charge >= 0.3 is 0 Å². The smallest absolute Gasteiger partial charge is 0.165 e. The second kappa shape index (κ2) is 12.4. The van der Waals surface area contributed by atoms with Crippen LogP contribution in [0.1, 0.15) is 67.2 Å². The quantitative estimate of drug-likeness (QED) is 0.261. The highest BCUT2D eigenvalue weighted by molar-refractivity contribution is 5.63. The molecule has 0 spiro atoms. The van der Waals surface area contributed by atoms with Gasteiger partial charge in [0.05, 0.1) is 14.2 Å². The summed E-state index contributed by atoms with van der Waals surface area (Å²) < 4.78 is 32.2. The third-order valence-electron chi connectivity index (χ3n) is 9.57. The first-order chi connectivity index (χ1) is 20.4. The van der Waals surface area contributed by atoms with Gasteiger partial charge in [-0.2, -0.15) is 0 Å². The van der Waals surface area contributed by atoms with Gasteiger partial charge in [-0.3, -0.25) is 4.90 Å². The summed E-state index contributed by atoms with van der Waals surface area (Å²) in [6, 6.07) is 16.6. The van der Waals surface area contributed by atoms with Crippen LogP contribution in [0.4, 0.5) is 10.1 Å². The van der Waals surface area contributed by atoms with Crippen LogP contribution in [0.15, 0.2) is 48.5 Å². The van der Waals surface area contributed by atoms with E-state index in [9.17, 15) is 5.11 Å². The molecule has 3 aromatic carbocycles. The van der Waals surface area contributed by atoms with Crippen molar-refractivity contribution in [2.24, 2.45) is 0 Å². The van der Waals surface area contributed by atoms with Gasteiger partial charge in [0.25, 0.3) is 0 Å². The van der Waals surface area contributed by atoms with E-state index in [-0.39, 0.29) is 11.9 Å². The Balaban J connectivity index is 1.12. The summed E-state index contributed by atoms with van der Waals surface area (Å²) in [5.41, 5.74) is 5.59. The molecule has 0 saturated carbocycles. The Hall–Kier alpha value is -3.45. The molecule has 0 amide bonds. The first kappa shape index (κ1) is 28.7. The number of benzene rings is 3. The van der Waals surface area contributed by atoms with E-state index >= 15 is 4.39 Å². The predicted octanol–water partition coefficient (Wildman–Crippen LogP) is 6.87. The molecular formula is C35H43FN2O4. The number of fused-ring (bicyclic) bond motifs is 3. The molecule has 6 nitrogen and oxygen atoms in total. The molecule has 2 fully saturated rings. The Morgan fingerprint density at radius 1 is 0.905 bits per heavy atom.